The summed E-state index contributed by atoms with van der Waals surface area (Å²) in [5, 5.41) is 1.88. The van der Waals surface area contributed by atoms with Crippen molar-refractivity contribution in [3.63, 3.8) is 0 Å². The summed E-state index contributed by atoms with van der Waals surface area (Å²) in [6.45, 7) is 6.33. The smallest absolute Gasteiger partial charge is 0.223 e. The Bertz CT molecular complexity index is 1370. The first-order valence-corrected chi connectivity index (χ1v) is 13.6. The number of aromatic nitrogens is 1. The van der Waals surface area contributed by atoms with Crippen molar-refractivity contribution in [3.05, 3.63) is 112 Å². The summed E-state index contributed by atoms with van der Waals surface area (Å²) >= 11 is 6.68. The van der Waals surface area contributed by atoms with E-state index in [0.29, 0.717) is 11.4 Å². The van der Waals surface area contributed by atoms with Crippen molar-refractivity contribution in [1.29, 1.82) is 0 Å². The van der Waals surface area contributed by atoms with E-state index in [1.807, 2.05) is 29.2 Å². The molecule has 3 aromatic carbocycles. The number of carbonyl (C=O) groups excluding carboxylic acids is 1. The Balaban J connectivity index is 1.29. The molecular formula is C32H34ClN3O. The van der Waals surface area contributed by atoms with Crippen molar-refractivity contribution in [3.8, 4) is 0 Å². The Morgan fingerprint density at radius 2 is 1.70 bits per heavy atom. The number of halogens is 1. The van der Waals surface area contributed by atoms with E-state index in [1.54, 1.807) is 0 Å². The Morgan fingerprint density at radius 3 is 2.46 bits per heavy atom. The molecule has 1 unspecified atom stereocenters. The van der Waals surface area contributed by atoms with Gasteiger partial charge in [-0.2, -0.15) is 0 Å². The highest BCUT2D eigenvalue weighted by atomic mass is 35.5. The van der Waals surface area contributed by atoms with Gasteiger partial charge in [0.1, 0.15) is 0 Å². The van der Waals surface area contributed by atoms with Crippen LogP contribution in [0.5, 0.6) is 0 Å². The van der Waals surface area contributed by atoms with Gasteiger partial charge in [-0.15, -0.1) is 0 Å². The predicted molar refractivity (Wildman–Crippen MR) is 154 cm³/mol. The van der Waals surface area contributed by atoms with Gasteiger partial charge in [-0.25, -0.2) is 0 Å². The van der Waals surface area contributed by atoms with Gasteiger partial charge < -0.3 is 9.88 Å². The summed E-state index contributed by atoms with van der Waals surface area (Å²) < 4.78 is 0. The number of hydrogen-bond donors (Lipinski definition) is 1. The van der Waals surface area contributed by atoms with Crippen LogP contribution in [0.2, 0.25) is 5.02 Å². The molecular weight excluding hydrogens is 478 g/mol. The van der Waals surface area contributed by atoms with E-state index in [0.717, 1.165) is 55.8 Å². The molecule has 190 valence electrons. The molecule has 1 amide bonds. The molecule has 1 aromatic heterocycles. The van der Waals surface area contributed by atoms with Crippen molar-refractivity contribution in [2.24, 2.45) is 0 Å². The molecule has 1 aliphatic heterocycles. The van der Waals surface area contributed by atoms with Crippen molar-refractivity contribution >= 4 is 34.5 Å². The second-order valence-electron chi connectivity index (χ2n) is 9.71. The van der Waals surface area contributed by atoms with Crippen LogP contribution < -0.4 is 0 Å². The number of piperazine rings is 1. The fraction of sp³-hybridized carbons (Fsp3) is 0.281. The number of para-hydroxylation sites is 1. The number of benzene rings is 3. The van der Waals surface area contributed by atoms with Gasteiger partial charge in [0.15, 0.2) is 0 Å². The number of nitrogens with one attached hydrogen (secondary N) is 1. The molecule has 2 heterocycles. The van der Waals surface area contributed by atoms with Gasteiger partial charge in [-0.1, -0.05) is 97.4 Å². The maximum atomic E-state index is 13.6. The molecule has 0 aliphatic carbocycles. The van der Waals surface area contributed by atoms with Crippen molar-refractivity contribution in [2.45, 2.75) is 25.7 Å². The third-order valence-electron chi connectivity index (χ3n) is 7.45. The topological polar surface area (TPSA) is 39.3 Å². The lowest BCUT2D eigenvalue weighted by Gasteiger charge is -2.35. The summed E-state index contributed by atoms with van der Waals surface area (Å²) in [7, 11) is 0. The quantitative estimate of drug-likeness (QED) is 0.284. The molecule has 1 atom stereocenters. The Hall–Kier alpha value is -3.34. The highest BCUT2D eigenvalue weighted by molar-refractivity contribution is 6.31. The molecule has 1 saturated heterocycles. The second kappa shape index (κ2) is 11.8. The number of rotatable bonds is 8. The third kappa shape index (κ3) is 5.82. The summed E-state index contributed by atoms with van der Waals surface area (Å²) in [6, 6.07) is 24.7. The summed E-state index contributed by atoms with van der Waals surface area (Å²) in [5.74, 6) is 0.0827. The summed E-state index contributed by atoms with van der Waals surface area (Å²) in [4.78, 5) is 21.5. The van der Waals surface area contributed by atoms with Crippen molar-refractivity contribution < 1.29 is 4.79 Å². The first kappa shape index (κ1) is 25.3. The highest BCUT2D eigenvalue weighted by Crippen LogP contribution is 2.38. The average Bonchev–Trinajstić information content (AvgIpc) is 3.37. The van der Waals surface area contributed by atoms with E-state index < -0.39 is 0 Å². The molecule has 0 radical (unpaired) electrons. The molecule has 37 heavy (non-hydrogen) atoms. The van der Waals surface area contributed by atoms with Crippen LogP contribution in [-0.2, 0) is 11.2 Å². The zero-order valence-electron chi connectivity index (χ0n) is 21.4. The molecule has 1 aliphatic rings. The third-order valence-corrected chi connectivity index (χ3v) is 7.79. The summed E-state index contributed by atoms with van der Waals surface area (Å²) in [5.41, 5.74) is 5.79. The van der Waals surface area contributed by atoms with Gasteiger partial charge in [0.25, 0.3) is 0 Å². The first-order valence-electron chi connectivity index (χ1n) is 13.2. The van der Waals surface area contributed by atoms with Gasteiger partial charge in [0, 0.05) is 67.2 Å². The lowest BCUT2D eigenvalue weighted by molar-refractivity contribution is -0.133. The van der Waals surface area contributed by atoms with Gasteiger partial charge >= 0.3 is 0 Å². The van der Waals surface area contributed by atoms with Gasteiger partial charge in [-0.05, 0) is 34.7 Å². The van der Waals surface area contributed by atoms with E-state index >= 15 is 0 Å². The second-order valence-corrected chi connectivity index (χ2v) is 10.1. The molecule has 0 bridgehead atoms. The molecule has 1 fully saturated rings. The monoisotopic (exact) mass is 511 g/mol. The SMILES string of the molecule is CCc1cccc2c(C(CC(=O)N3CCN(C/C=C/c4ccccc4)CC3)c3ccccc3Cl)c[nH]c12. The summed E-state index contributed by atoms with van der Waals surface area (Å²) in [6.07, 6.45) is 7.81. The van der Waals surface area contributed by atoms with Gasteiger partial charge in [-0.3, -0.25) is 9.69 Å². The van der Waals surface area contributed by atoms with Crippen LogP contribution in [0.15, 0.2) is 85.1 Å². The number of carbonyl (C=O) groups is 1. The van der Waals surface area contributed by atoms with Crippen LogP contribution in [0, 0.1) is 0 Å². The van der Waals surface area contributed by atoms with Crippen molar-refractivity contribution in [2.75, 3.05) is 32.7 Å². The maximum Gasteiger partial charge on any atom is 0.223 e. The minimum Gasteiger partial charge on any atom is -0.361 e. The van der Waals surface area contributed by atoms with Crippen LogP contribution in [0.25, 0.3) is 17.0 Å². The molecule has 4 nitrogen and oxygen atoms in total. The lowest BCUT2D eigenvalue weighted by atomic mass is 9.87. The number of amides is 1. The van der Waals surface area contributed by atoms with E-state index in [4.69, 9.17) is 11.6 Å². The normalized spacial score (nSPS) is 15.5. The largest absolute Gasteiger partial charge is 0.361 e. The van der Waals surface area contributed by atoms with E-state index in [9.17, 15) is 4.79 Å². The first-order chi connectivity index (χ1) is 18.1. The molecule has 5 rings (SSSR count). The number of nitrogens with zero attached hydrogens (tertiary/aromatic N) is 2. The van der Waals surface area contributed by atoms with E-state index in [2.05, 4.69) is 83.7 Å². The maximum absolute atomic E-state index is 13.6. The fourth-order valence-electron chi connectivity index (χ4n) is 5.35. The highest BCUT2D eigenvalue weighted by Gasteiger charge is 2.27. The lowest BCUT2D eigenvalue weighted by Crippen LogP contribution is -2.48. The van der Waals surface area contributed by atoms with Crippen LogP contribution in [0.3, 0.4) is 0 Å². The number of H-pyrrole nitrogens is 1. The molecule has 4 aromatic rings. The minimum atomic E-state index is -0.103. The fourth-order valence-corrected chi connectivity index (χ4v) is 5.62. The predicted octanol–water partition coefficient (Wildman–Crippen LogP) is 6.76. The molecule has 5 heteroatoms. The van der Waals surface area contributed by atoms with Gasteiger partial charge in [0.05, 0.1) is 0 Å². The molecule has 0 spiro atoms. The van der Waals surface area contributed by atoms with Crippen LogP contribution in [0.1, 0.15) is 41.5 Å². The number of aryl methyl sites for hydroxylation is 1. The molecule has 1 N–H and O–H groups in total. The Morgan fingerprint density at radius 1 is 0.946 bits per heavy atom. The number of aromatic amines is 1. The minimum absolute atomic E-state index is 0.103. The average molecular weight is 512 g/mol. The Labute approximate surface area is 224 Å². The van der Waals surface area contributed by atoms with Crippen molar-refractivity contribution in [1.82, 2.24) is 14.8 Å². The van der Waals surface area contributed by atoms with Gasteiger partial charge in [0.2, 0.25) is 5.91 Å². The zero-order valence-corrected chi connectivity index (χ0v) is 22.1. The number of fused-ring (bicyclic) bond motifs is 1. The van der Waals surface area contributed by atoms with Crippen LogP contribution >= 0.6 is 11.6 Å². The zero-order chi connectivity index (χ0) is 25.6. The Kier molecular flexibility index (Phi) is 8.08. The van der Waals surface area contributed by atoms with Crippen LogP contribution in [-0.4, -0.2) is 53.4 Å². The van der Waals surface area contributed by atoms with E-state index in [-0.39, 0.29) is 11.8 Å². The molecule has 0 saturated carbocycles. The number of hydrogen-bond acceptors (Lipinski definition) is 2. The standard InChI is InChI=1S/C32H34ClN3O/c1-2-25-13-8-15-27-29(23-34-32(25)27)28(26-14-6-7-16-30(26)33)22-31(37)36-20-18-35(19-21-36)17-9-12-24-10-4-3-5-11-24/h3-16,23,28,34H,2,17-22H2,1H3/b12-9+. The van der Waals surface area contributed by atoms with Crippen LogP contribution in [0.4, 0.5) is 0 Å². The van der Waals surface area contributed by atoms with E-state index in [1.165, 1.54) is 16.5 Å².